The van der Waals surface area contributed by atoms with Gasteiger partial charge in [-0.05, 0) is 154 Å². The van der Waals surface area contributed by atoms with Crippen LogP contribution in [-0.4, -0.2) is 37.2 Å². The van der Waals surface area contributed by atoms with Gasteiger partial charge in [0.2, 0.25) is 0 Å². The molecule has 79 heavy (non-hydrogen) atoms. The number of carbonyl (C=O) groups excluding carboxylic acids is 3. The topological polar surface area (TPSA) is 78.9 Å². The molecule has 0 aliphatic heterocycles. The van der Waals surface area contributed by atoms with Crippen LogP contribution in [0.3, 0.4) is 0 Å². The lowest BCUT2D eigenvalue weighted by atomic mass is 10.1. The minimum atomic E-state index is -0.824. The summed E-state index contributed by atoms with van der Waals surface area (Å²) in [6.07, 6.45) is 97.4. The maximum Gasteiger partial charge on any atom is 0.306 e. The van der Waals surface area contributed by atoms with Gasteiger partial charge in [0, 0.05) is 19.3 Å². The Bertz CT molecular complexity index is 1870. The van der Waals surface area contributed by atoms with E-state index in [-0.39, 0.29) is 37.5 Å². The van der Waals surface area contributed by atoms with Crippen molar-refractivity contribution in [1.29, 1.82) is 0 Å². The van der Waals surface area contributed by atoms with Gasteiger partial charge in [-0.1, -0.05) is 248 Å². The van der Waals surface area contributed by atoms with Crippen LogP contribution in [0.15, 0.2) is 182 Å². The zero-order valence-corrected chi connectivity index (χ0v) is 50.3. The Balaban J connectivity index is 4.58. The molecule has 0 rings (SSSR count). The van der Waals surface area contributed by atoms with Gasteiger partial charge in [0.15, 0.2) is 6.10 Å². The van der Waals surface area contributed by atoms with Crippen LogP contribution >= 0.6 is 0 Å². The molecule has 0 spiro atoms. The molecule has 0 heterocycles. The van der Waals surface area contributed by atoms with Crippen LogP contribution in [0, 0.1) is 0 Å². The third-order valence-corrected chi connectivity index (χ3v) is 12.4. The molecule has 0 fully saturated rings. The highest BCUT2D eigenvalue weighted by molar-refractivity contribution is 5.71. The van der Waals surface area contributed by atoms with E-state index < -0.39 is 6.10 Å². The second-order valence-electron chi connectivity index (χ2n) is 19.8. The van der Waals surface area contributed by atoms with Crippen molar-refractivity contribution in [2.24, 2.45) is 0 Å². The number of carbonyl (C=O) groups is 3. The first-order chi connectivity index (χ1) is 39.0. The Kier molecular flexibility index (Phi) is 60.5. The van der Waals surface area contributed by atoms with E-state index in [2.05, 4.69) is 203 Å². The Labute approximate surface area is 484 Å². The van der Waals surface area contributed by atoms with Crippen LogP contribution in [0.4, 0.5) is 0 Å². The fraction of sp³-hybridized carbons (Fsp3) is 0.548. The molecule has 1 atom stereocenters. The third kappa shape index (κ3) is 63.2. The Morgan fingerprint density at radius 2 is 0.456 bits per heavy atom. The van der Waals surface area contributed by atoms with Gasteiger partial charge < -0.3 is 14.2 Å². The van der Waals surface area contributed by atoms with Crippen LogP contribution in [-0.2, 0) is 28.6 Å². The van der Waals surface area contributed by atoms with Crippen LogP contribution < -0.4 is 0 Å². The van der Waals surface area contributed by atoms with E-state index in [1.807, 2.05) is 0 Å². The number of allylic oxidation sites excluding steroid dienone is 30. The molecule has 0 aromatic carbocycles. The number of esters is 3. The largest absolute Gasteiger partial charge is 0.462 e. The van der Waals surface area contributed by atoms with Gasteiger partial charge in [-0.15, -0.1) is 0 Å². The molecule has 0 amide bonds. The zero-order chi connectivity index (χ0) is 57.1. The molecule has 6 nitrogen and oxygen atoms in total. The predicted octanol–water partition coefficient (Wildman–Crippen LogP) is 21.7. The van der Waals surface area contributed by atoms with Crippen molar-refractivity contribution in [3.05, 3.63) is 182 Å². The van der Waals surface area contributed by atoms with Crippen LogP contribution in [0.2, 0.25) is 0 Å². The van der Waals surface area contributed by atoms with Crippen molar-refractivity contribution in [1.82, 2.24) is 0 Å². The van der Waals surface area contributed by atoms with E-state index in [0.29, 0.717) is 12.8 Å². The number of hydrogen-bond acceptors (Lipinski definition) is 6. The summed E-state index contributed by atoms with van der Waals surface area (Å²) in [5.41, 5.74) is 0. The van der Waals surface area contributed by atoms with Crippen molar-refractivity contribution in [3.8, 4) is 0 Å². The minimum Gasteiger partial charge on any atom is -0.462 e. The molecule has 0 N–H and O–H groups in total. The second-order valence-corrected chi connectivity index (χ2v) is 19.8. The summed E-state index contributed by atoms with van der Waals surface area (Å²) in [6.45, 7) is 6.23. The molecule has 0 aliphatic rings. The molecule has 440 valence electrons. The molecule has 0 aliphatic carbocycles. The second kappa shape index (κ2) is 65.0. The molecule has 0 saturated heterocycles. The predicted molar refractivity (Wildman–Crippen MR) is 343 cm³/mol. The van der Waals surface area contributed by atoms with Crippen LogP contribution in [0.25, 0.3) is 0 Å². The first-order valence-electron chi connectivity index (χ1n) is 31.3. The molecular formula is C73H112O6. The van der Waals surface area contributed by atoms with E-state index in [1.165, 1.54) is 0 Å². The Morgan fingerprint density at radius 1 is 0.253 bits per heavy atom. The van der Waals surface area contributed by atoms with Crippen LogP contribution in [0.1, 0.15) is 239 Å². The molecule has 0 radical (unpaired) electrons. The first-order valence-corrected chi connectivity index (χ1v) is 31.3. The molecule has 1 unspecified atom stereocenters. The Hall–Kier alpha value is -5.49. The van der Waals surface area contributed by atoms with Gasteiger partial charge in [0.25, 0.3) is 0 Å². The number of unbranched alkanes of at least 4 members (excludes halogenated alkanes) is 13. The van der Waals surface area contributed by atoms with E-state index in [0.717, 1.165) is 199 Å². The summed E-state index contributed by atoms with van der Waals surface area (Å²) in [7, 11) is 0. The normalized spacial score (nSPS) is 13.4. The molecular weight excluding hydrogens is 973 g/mol. The Morgan fingerprint density at radius 3 is 0.722 bits per heavy atom. The molecule has 0 bridgehead atoms. The quantitative estimate of drug-likeness (QED) is 0.0261. The van der Waals surface area contributed by atoms with Crippen molar-refractivity contribution >= 4 is 17.9 Å². The lowest BCUT2D eigenvalue weighted by Crippen LogP contribution is -2.30. The number of hydrogen-bond donors (Lipinski definition) is 0. The van der Waals surface area contributed by atoms with Gasteiger partial charge >= 0.3 is 17.9 Å². The van der Waals surface area contributed by atoms with Crippen molar-refractivity contribution < 1.29 is 28.6 Å². The molecule has 0 aromatic heterocycles. The smallest absolute Gasteiger partial charge is 0.306 e. The van der Waals surface area contributed by atoms with Gasteiger partial charge in [0.05, 0.1) is 0 Å². The van der Waals surface area contributed by atoms with Crippen LogP contribution in [0.5, 0.6) is 0 Å². The summed E-state index contributed by atoms with van der Waals surface area (Å²) in [5.74, 6) is -0.994. The van der Waals surface area contributed by atoms with Gasteiger partial charge in [-0.3, -0.25) is 14.4 Å². The number of rotatable bonds is 54. The van der Waals surface area contributed by atoms with E-state index in [1.54, 1.807) is 0 Å². The molecule has 6 heteroatoms. The van der Waals surface area contributed by atoms with Gasteiger partial charge in [-0.25, -0.2) is 0 Å². The summed E-state index contributed by atoms with van der Waals surface area (Å²) < 4.78 is 16.9. The molecule has 0 aromatic rings. The average molecular weight is 1090 g/mol. The molecule has 0 saturated carbocycles. The highest BCUT2D eigenvalue weighted by Crippen LogP contribution is 2.13. The van der Waals surface area contributed by atoms with Crippen molar-refractivity contribution in [2.45, 2.75) is 245 Å². The van der Waals surface area contributed by atoms with E-state index in [9.17, 15) is 14.4 Å². The highest BCUT2D eigenvalue weighted by atomic mass is 16.6. The summed E-state index contributed by atoms with van der Waals surface area (Å²) >= 11 is 0. The third-order valence-electron chi connectivity index (χ3n) is 12.4. The monoisotopic (exact) mass is 1080 g/mol. The van der Waals surface area contributed by atoms with Gasteiger partial charge in [-0.2, -0.15) is 0 Å². The van der Waals surface area contributed by atoms with Crippen molar-refractivity contribution in [3.63, 3.8) is 0 Å². The minimum absolute atomic E-state index is 0.117. The zero-order valence-electron chi connectivity index (χ0n) is 50.3. The summed E-state index contributed by atoms with van der Waals surface area (Å²) in [5, 5.41) is 0. The van der Waals surface area contributed by atoms with Gasteiger partial charge in [0.1, 0.15) is 13.2 Å². The summed E-state index contributed by atoms with van der Waals surface area (Å²) in [4.78, 5) is 38.4. The highest BCUT2D eigenvalue weighted by Gasteiger charge is 2.19. The first kappa shape index (κ1) is 73.5. The van der Waals surface area contributed by atoms with E-state index >= 15 is 0 Å². The average Bonchev–Trinajstić information content (AvgIpc) is 3.45. The van der Waals surface area contributed by atoms with Crippen molar-refractivity contribution in [2.75, 3.05) is 13.2 Å². The standard InChI is InChI=1S/C73H112O6/c1-4-7-10-13-16-19-22-25-28-31-34-36-39-42-45-48-51-54-57-60-63-66-72(75)78-69-70(68-77-71(74)65-62-59-56-53-50-47-44-41-38-33-30-27-24-21-18-15-12-9-6-3)79-73(76)67-64-61-58-55-52-49-46-43-40-37-35-32-29-26-23-20-17-14-11-8-5-2/h7-12,16-21,25-30,34-38,41-43,45-47,50,70H,4-6,13-15,22-24,31-33,39-40,44,48-49,51-69H2,1-3H3/b10-7-,11-8-,12-9-,19-16-,20-17-,21-18-,28-25-,29-26-,30-27-,36-34-,37-35-,41-38-,45-42-,46-43-,50-47-. The van der Waals surface area contributed by atoms with E-state index in [4.69, 9.17) is 14.2 Å². The maximum absolute atomic E-state index is 12.9. The number of ether oxygens (including phenoxy) is 3. The SMILES string of the molecule is CC/C=C\C/C=C\C/C=C\C/C=C\C/C=C\CCCCCCCC(=O)OCC(COC(=O)CCCCC/C=C\C/C=C\C/C=C\C/C=C\C/C=C\CC)OC(=O)CCCCCCC/C=C\C/C=C\C/C=C\C/C=C\C/C=C\CC. The lowest BCUT2D eigenvalue weighted by Gasteiger charge is -2.18. The fourth-order valence-electron chi connectivity index (χ4n) is 7.81. The summed E-state index contributed by atoms with van der Waals surface area (Å²) in [6, 6.07) is 0. The maximum atomic E-state index is 12.9. The fourth-order valence-corrected chi connectivity index (χ4v) is 7.81. The lowest BCUT2D eigenvalue weighted by molar-refractivity contribution is -0.167.